The van der Waals surface area contributed by atoms with Crippen LogP contribution < -0.4 is 0 Å². The predicted octanol–water partition coefficient (Wildman–Crippen LogP) is 2.01. The van der Waals surface area contributed by atoms with Gasteiger partial charge in [0.15, 0.2) is 0 Å². The van der Waals surface area contributed by atoms with E-state index in [0.29, 0.717) is 0 Å². The van der Waals surface area contributed by atoms with Gasteiger partial charge >= 0.3 is 0 Å². The van der Waals surface area contributed by atoms with Gasteiger partial charge in [-0.25, -0.2) is 0 Å². The molecule has 1 heterocycles. The molecule has 1 N–H and O–H groups in total. The van der Waals surface area contributed by atoms with Crippen molar-refractivity contribution in [2.24, 2.45) is 0 Å². The Labute approximate surface area is 72.3 Å². The molecular weight excluding hydrogens is 150 g/mol. The number of aromatic nitrogens is 1. The first kappa shape index (κ1) is 7.74. The summed E-state index contributed by atoms with van der Waals surface area (Å²) in [5, 5.41) is 9.21. The number of hydrogen-bond acceptors (Lipinski definition) is 2. The van der Waals surface area contributed by atoms with Gasteiger partial charge in [-0.2, -0.15) is 0 Å². The average molecular weight is 163 g/mol. The number of pyridine rings is 1. The third-order valence-corrected chi connectivity index (χ3v) is 2.29. The van der Waals surface area contributed by atoms with Crippen molar-refractivity contribution in [3.8, 4) is 0 Å². The molecular formula is C10H13NO. The van der Waals surface area contributed by atoms with Crippen molar-refractivity contribution in [3.05, 3.63) is 29.6 Å². The predicted molar refractivity (Wildman–Crippen MR) is 46.8 cm³/mol. The number of nitrogens with zero attached hydrogens (tertiary/aromatic N) is 1. The van der Waals surface area contributed by atoms with Crippen molar-refractivity contribution >= 4 is 0 Å². The molecule has 2 nitrogen and oxygen atoms in total. The maximum absolute atomic E-state index is 9.21. The Balaban J connectivity index is 2.18. The van der Waals surface area contributed by atoms with Crippen molar-refractivity contribution in [2.45, 2.75) is 31.8 Å². The number of aliphatic hydroxyl groups excluding tert-OH is 1. The van der Waals surface area contributed by atoms with Crippen LogP contribution in [0.1, 0.15) is 43.0 Å². The Kier molecular flexibility index (Phi) is 1.85. The summed E-state index contributed by atoms with van der Waals surface area (Å²) in [4.78, 5) is 4.19. The van der Waals surface area contributed by atoms with E-state index in [9.17, 15) is 5.11 Å². The van der Waals surface area contributed by atoms with Gasteiger partial charge in [0.1, 0.15) is 0 Å². The summed E-state index contributed by atoms with van der Waals surface area (Å²) in [6, 6.07) is 3.99. The molecule has 1 unspecified atom stereocenters. The normalized spacial score (nSPS) is 19.2. The summed E-state index contributed by atoms with van der Waals surface area (Å²) in [5.41, 5.74) is 2.08. The Hall–Kier alpha value is -0.890. The molecule has 0 aliphatic heterocycles. The van der Waals surface area contributed by atoms with Gasteiger partial charge in [-0.1, -0.05) is 6.07 Å². The van der Waals surface area contributed by atoms with Crippen LogP contribution in [-0.4, -0.2) is 10.1 Å². The fraction of sp³-hybridized carbons (Fsp3) is 0.500. The molecule has 0 amide bonds. The lowest BCUT2D eigenvalue weighted by atomic mass is 10.1. The second kappa shape index (κ2) is 2.87. The van der Waals surface area contributed by atoms with Gasteiger partial charge in [0.2, 0.25) is 0 Å². The summed E-state index contributed by atoms with van der Waals surface area (Å²) in [6.45, 7) is 1.74. The monoisotopic (exact) mass is 163 g/mol. The molecule has 12 heavy (non-hydrogen) atoms. The summed E-state index contributed by atoms with van der Waals surface area (Å²) in [5.74, 6) is 0.751. The zero-order valence-corrected chi connectivity index (χ0v) is 7.20. The zero-order valence-electron chi connectivity index (χ0n) is 7.20. The number of hydrogen-bond donors (Lipinski definition) is 1. The van der Waals surface area contributed by atoms with Crippen molar-refractivity contribution in [2.75, 3.05) is 0 Å². The molecule has 2 rings (SSSR count). The largest absolute Gasteiger partial charge is 0.387 e. The molecule has 1 fully saturated rings. The molecule has 0 spiro atoms. The molecule has 1 aromatic rings. The van der Waals surface area contributed by atoms with E-state index >= 15 is 0 Å². The van der Waals surface area contributed by atoms with Crippen LogP contribution in [0.15, 0.2) is 18.3 Å². The standard InChI is InChI=1S/C10H13NO/c1-7(12)10-5-4-9(6-11-10)8-2-3-8/h4-8,12H,2-3H2,1H3. The fourth-order valence-electron chi connectivity index (χ4n) is 1.32. The first-order chi connectivity index (χ1) is 5.77. The van der Waals surface area contributed by atoms with E-state index < -0.39 is 6.10 Å². The highest BCUT2D eigenvalue weighted by atomic mass is 16.3. The van der Waals surface area contributed by atoms with Crippen molar-refractivity contribution in [3.63, 3.8) is 0 Å². The van der Waals surface area contributed by atoms with Gasteiger partial charge in [0.25, 0.3) is 0 Å². The van der Waals surface area contributed by atoms with Gasteiger partial charge in [-0.05, 0) is 37.3 Å². The summed E-state index contributed by atoms with van der Waals surface area (Å²) >= 11 is 0. The van der Waals surface area contributed by atoms with Gasteiger partial charge in [0, 0.05) is 6.20 Å². The third-order valence-electron chi connectivity index (χ3n) is 2.29. The Bertz CT molecular complexity index is 241. The topological polar surface area (TPSA) is 33.1 Å². The molecule has 1 aromatic heterocycles. The van der Waals surface area contributed by atoms with Crippen LogP contribution >= 0.6 is 0 Å². The van der Waals surface area contributed by atoms with Crippen LogP contribution in [0.2, 0.25) is 0 Å². The minimum Gasteiger partial charge on any atom is -0.387 e. The van der Waals surface area contributed by atoms with Crippen LogP contribution in [-0.2, 0) is 0 Å². The van der Waals surface area contributed by atoms with E-state index in [1.54, 1.807) is 6.92 Å². The van der Waals surface area contributed by atoms with Gasteiger partial charge in [-0.3, -0.25) is 4.98 Å². The van der Waals surface area contributed by atoms with E-state index in [2.05, 4.69) is 11.1 Å². The highest BCUT2D eigenvalue weighted by Gasteiger charge is 2.23. The Morgan fingerprint density at radius 2 is 2.25 bits per heavy atom. The maximum Gasteiger partial charge on any atom is 0.0931 e. The van der Waals surface area contributed by atoms with E-state index in [1.807, 2.05) is 12.3 Å². The maximum atomic E-state index is 9.21. The second-order valence-electron chi connectivity index (χ2n) is 3.47. The zero-order chi connectivity index (χ0) is 8.55. The molecule has 2 heteroatoms. The number of rotatable bonds is 2. The average Bonchev–Trinajstić information content (AvgIpc) is 2.87. The van der Waals surface area contributed by atoms with E-state index in [0.717, 1.165) is 11.6 Å². The first-order valence-corrected chi connectivity index (χ1v) is 4.41. The Morgan fingerprint density at radius 3 is 2.67 bits per heavy atom. The van der Waals surface area contributed by atoms with Gasteiger partial charge in [0.05, 0.1) is 11.8 Å². The van der Waals surface area contributed by atoms with Crippen molar-refractivity contribution in [1.29, 1.82) is 0 Å². The lowest BCUT2D eigenvalue weighted by Gasteiger charge is -2.03. The van der Waals surface area contributed by atoms with E-state index in [4.69, 9.17) is 0 Å². The van der Waals surface area contributed by atoms with Gasteiger partial charge < -0.3 is 5.11 Å². The molecule has 1 atom stereocenters. The lowest BCUT2D eigenvalue weighted by molar-refractivity contribution is 0.194. The quantitative estimate of drug-likeness (QED) is 0.723. The second-order valence-corrected chi connectivity index (χ2v) is 3.47. The molecule has 1 saturated carbocycles. The molecule has 0 bridgehead atoms. The molecule has 0 aromatic carbocycles. The summed E-state index contributed by atoms with van der Waals surface area (Å²) in [6.07, 6.45) is 4.05. The fourth-order valence-corrected chi connectivity index (χ4v) is 1.32. The first-order valence-electron chi connectivity index (χ1n) is 4.41. The summed E-state index contributed by atoms with van der Waals surface area (Å²) in [7, 11) is 0. The summed E-state index contributed by atoms with van der Waals surface area (Å²) < 4.78 is 0. The minimum absolute atomic E-state index is 0.446. The van der Waals surface area contributed by atoms with Crippen LogP contribution in [0.5, 0.6) is 0 Å². The highest BCUT2D eigenvalue weighted by molar-refractivity contribution is 5.22. The minimum atomic E-state index is -0.446. The smallest absolute Gasteiger partial charge is 0.0931 e. The van der Waals surface area contributed by atoms with Crippen molar-refractivity contribution in [1.82, 2.24) is 4.98 Å². The van der Waals surface area contributed by atoms with Crippen molar-refractivity contribution < 1.29 is 5.11 Å². The molecule has 1 aliphatic rings. The van der Waals surface area contributed by atoms with Crippen LogP contribution in [0, 0.1) is 0 Å². The molecule has 64 valence electrons. The van der Waals surface area contributed by atoms with E-state index in [1.165, 1.54) is 18.4 Å². The van der Waals surface area contributed by atoms with Crippen LogP contribution in [0.4, 0.5) is 0 Å². The SMILES string of the molecule is CC(O)c1ccc(C2CC2)cn1. The Morgan fingerprint density at radius 1 is 1.50 bits per heavy atom. The van der Waals surface area contributed by atoms with Crippen LogP contribution in [0.25, 0.3) is 0 Å². The third kappa shape index (κ3) is 1.48. The molecule has 0 saturated heterocycles. The van der Waals surface area contributed by atoms with Crippen LogP contribution in [0.3, 0.4) is 0 Å². The molecule has 1 aliphatic carbocycles. The van der Waals surface area contributed by atoms with E-state index in [-0.39, 0.29) is 0 Å². The van der Waals surface area contributed by atoms with Gasteiger partial charge in [-0.15, -0.1) is 0 Å². The lowest BCUT2D eigenvalue weighted by Crippen LogP contribution is -1.95. The highest BCUT2D eigenvalue weighted by Crippen LogP contribution is 2.39. The number of aliphatic hydroxyl groups is 1. The molecule has 0 radical (unpaired) electrons.